The van der Waals surface area contributed by atoms with Gasteiger partial charge in [0, 0.05) is 37.0 Å². The quantitative estimate of drug-likeness (QED) is 0.313. The molecule has 0 aliphatic heterocycles. The molecule has 0 amide bonds. The molecule has 0 aromatic heterocycles. The van der Waals surface area contributed by atoms with Gasteiger partial charge in [0.25, 0.3) is 5.69 Å². The number of methoxy groups -OCH3 is 1. The highest BCUT2D eigenvalue weighted by molar-refractivity contribution is 5.96. The number of alkyl halides is 3. The minimum atomic E-state index is -4.60. The van der Waals surface area contributed by atoms with Gasteiger partial charge in [-0.25, -0.2) is 4.79 Å². The van der Waals surface area contributed by atoms with Crippen LogP contribution in [0.2, 0.25) is 0 Å². The molecule has 150 valence electrons. The van der Waals surface area contributed by atoms with Gasteiger partial charge in [-0.1, -0.05) is 18.2 Å². The van der Waals surface area contributed by atoms with Gasteiger partial charge in [-0.2, -0.15) is 13.2 Å². The summed E-state index contributed by atoms with van der Waals surface area (Å²) in [5, 5.41) is 13.8. The minimum Gasteiger partial charge on any atom is -0.457 e. The number of non-ortho nitro benzene ring substituents is 1. The van der Waals surface area contributed by atoms with Gasteiger partial charge in [0.15, 0.2) is 0 Å². The largest absolute Gasteiger partial charge is 0.457 e. The van der Waals surface area contributed by atoms with Crippen LogP contribution in [0.25, 0.3) is 0 Å². The minimum absolute atomic E-state index is 0.158. The molecule has 10 heteroatoms. The summed E-state index contributed by atoms with van der Waals surface area (Å²) in [6.45, 7) is -0.00927. The summed E-state index contributed by atoms with van der Waals surface area (Å²) >= 11 is 0. The first-order valence-corrected chi connectivity index (χ1v) is 8.07. The second kappa shape index (κ2) is 9.18. The van der Waals surface area contributed by atoms with E-state index in [1.807, 2.05) is 0 Å². The van der Waals surface area contributed by atoms with Crippen LogP contribution in [0, 0.1) is 10.1 Å². The Labute approximate surface area is 158 Å². The third-order valence-electron chi connectivity index (χ3n) is 3.74. The van der Waals surface area contributed by atoms with E-state index in [1.54, 1.807) is 0 Å². The monoisotopic (exact) mass is 398 g/mol. The van der Waals surface area contributed by atoms with E-state index in [1.165, 1.54) is 37.4 Å². The lowest BCUT2D eigenvalue weighted by Gasteiger charge is -2.14. The van der Waals surface area contributed by atoms with Crippen LogP contribution in [0.15, 0.2) is 42.5 Å². The number of rotatable bonds is 8. The van der Waals surface area contributed by atoms with Crippen molar-refractivity contribution in [2.75, 3.05) is 25.6 Å². The van der Waals surface area contributed by atoms with Crippen molar-refractivity contribution < 1.29 is 32.4 Å². The van der Waals surface area contributed by atoms with Gasteiger partial charge >= 0.3 is 12.1 Å². The van der Waals surface area contributed by atoms with Gasteiger partial charge in [-0.15, -0.1) is 0 Å². The maximum absolute atomic E-state index is 13.0. The fourth-order valence-electron chi connectivity index (χ4n) is 2.40. The Balaban J connectivity index is 2.23. The van der Waals surface area contributed by atoms with E-state index >= 15 is 0 Å². The zero-order chi connectivity index (χ0) is 20.7. The Kier molecular flexibility index (Phi) is 6.94. The van der Waals surface area contributed by atoms with E-state index < -0.39 is 29.2 Å². The first-order valence-electron chi connectivity index (χ1n) is 8.07. The van der Waals surface area contributed by atoms with Gasteiger partial charge in [0.2, 0.25) is 0 Å². The van der Waals surface area contributed by atoms with Crippen LogP contribution in [0.4, 0.5) is 24.5 Å². The van der Waals surface area contributed by atoms with Crippen molar-refractivity contribution in [2.24, 2.45) is 0 Å². The summed E-state index contributed by atoms with van der Waals surface area (Å²) in [6, 6.07) is 8.23. The Morgan fingerprint density at radius 2 is 1.93 bits per heavy atom. The van der Waals surface area contributed by atoms with Crippen molar-refractivity contribution in [2.45, 2.75) is 12.8 Å². The number of nitro groups is 1. The molecule has 0 spiro atoms. The predicted octanol–water partition coefficient (Wildman–Crippen LogP) is 4.03. The second-order valence-electron chi connectivity index (χ2n) is 5.64. The van der Waals surface area contributed by atoms with Gasteiger partial charge in [0.1, 0.15) is 6.61 Å². The fraction of sp³-hybridized carbons (Fsp3) is 0.278. The standard InChI is InChI=1S/C18H17F3N2O5/c1-27-9-8-22-16-7-6-13(23(25)26)10-14(16)17(24)28-11-12-4-2-3-5-15(12)18(19,20)21/h2-7,10,22H,8-9,11H2,1H3. The maximum Gasteiger partial charge on any atom is 0.416 e. The second-order valence-corrected chi connectivity index (χ2v) is 5.64. The summed E-state index contributed by atoms with van der Waals surface area (Å²) < 4.78 is 49.0. The molecule has 0 aliphatic rings. The normalized spacial score (nSPS) is 11.1. The molecule has 2 aromatic carbocycles. The molecule has 0 heterocycles. The molecule has 1 N–H and O–H groups in total. The van der Waals surface area contributed by atoms with Gasteiger partial charge < -0.3 is 14.8 Å². The van der Waals surface area contributed by atoms with E-state index in [0.29, 0.717) is 13.2 Å². The average Bonchev–Trinajstić information content (AvgIpc) is 2.65. The molecule has 0 aliphatic carbocycles. The molecule has 0 saturated carbocycles. The van der Waals surface area contributed by atoms with Crippen LogP contribution in [0.3, 0.4) is 0 Å². The van der Waals surface area contributed by atoms with E-state index in [9.17, 15) is 28.1 Å². The molecule has 0 saturated heterocycles. The zero-order valence-corrected chi connectivity index (χ0v) is 14.8. The lowest BCUT2D eigenvalue weighted by molar-refractivity contribution is -0.384. The van der Waals surface area contributed by atoms with Gasteiger partial charge in [0.05, 0.1) is 22.7 Å². The molecule has 2 rings (SSSR count). The van der Waals surface area contributed by atoms with Crippen LogP contribution in [-0.2, 0) is 22.3 Å². The number of esters is 1. The number of anilines is 1. The summed E-state index contributed by atoms with van der Waals surface area (Å²) in [5.74, 6) is -0.986. The molecule has 28 heavy (non-hydrogen) atoms. The number of carbonyl (C=O) groups excluding carboxylic acids is 1. The van der Waals surface area contributed by atoms with E-state index in [-0.39, 0.29) is 22.5 Å². The molecular formula is C18H17F3N2O5. The third-order valence-corrected chi connectivity index (χ3v) is 3.74. The zero-order valence-electron chi connectivity index (χ0n) is 14.8. The average molecular weight is 398 g/mol. The van der Waals surface area contributed by atoms with Crippen LogP contribution in [0.1, 0.15) is 21.5 Å². The molecule has 0 fully saturated rings. The Hall–Kier alpha value is -3.14. The predicted molar refractivity (Wildman–Crippen MR) is 94.0 cm³/mol. The highest BCUT2D eigenvalue weighted by Crippen LogP contribution is 2.32. The number of halogens is 3. The number of nitro benzene ring substituents is 1. The SMILES string of the molecule is COCCNc1ccc([N+](=O)[O-])cc1C(=O)OCc1ccccc1C(F)(F)F. The van der Waals surface area contributed by atoms with Crippen LogP contribution >= 0.6 is 0 Å². The van der Waals surface area contributed by atoms with Crippen molar-refractivity contribution in [3.63, 3.8) is 0 Å². The van der Waals surface area contributed by atoms with Crippen molar-refractivity contribution >= 4 is 17.3 Å². The highest BCUT2D eigenvalue weighted by Gasteiger charge is 2.33. The van der Waals surface area contributed by atoms with Crippen molar-refractivity contribution in [1.29, 1.82) is 0 Å². The molecule has 0 radical (unpaired) electrons. The van der Waals surface area contributed by atoms with Crippen LogP contribution < -0.4 is 5.32 Å². The van der Waals surface area contributed by atoms with Crippen LogP contribution in [-0.4, -0.2) is 31.2 Å². The molecule has 0 atom stereocenters. The number of hydrogen-bond donors (Lipinski definition) is 1. The summed E-state index contributed by atoms with van der Waals surface area (Å²) in [5.41, 5.74) is -1.39. The summed E-state index contributed by atoms with van der Waals surface area (Å²) in [7, 11) is 1.48. The van der Waals surface area contributed by atoms with E-state index in [0.717, 1.165) is 12.1 Å². The van der Waals surface area contributed by atoms with Crippen molar-refractivity contribution in [3.05, 3.63) is 69.3 Å². The number of hydrogen-bond acceptors (Lipinski definition) is 6. The van der Waals surface area contributed by atoms with E-state index in [4.69, 9.17) is 9.47 Å². The summed E-state index contributed by atoms with van der Waals surface area (Å²) in [6.07, 6.45) is -4.60. The lowest BCUT2D eigenvalue weighted by Crippen LogP contribution is -2.15. The molecule has 7 nitrogen and oxygen atoms in total. The molecule has 0 unspecified atom stereocenters. The Morgan fingerprint density at radius 1 is 1.21 bits per heavy atom. The third kappa shape index (κ3) is 5.43. The highest BCUT2D eigenvalue weighted by atomic mass is 19.4. The maximum atomic E-state index is 13.0. The van der Waals surface area contributed by atoms with E-state index in [2.05, 4.69) is 5.32 Å². The number of nitrogens with zero attached hydrogens (tertiary/aromatic N) is 1. The number of nitrogens with one attached hydrogen (secondary N) is 1. The van der Waals surface area contributed by atoms with Gasteiger partial charge in [-0.3, -0.25) is 10.1 Å². The van der Waals surface area contributed by atoms with Gasteiger partial charge in [-0.05, 0) is 12.1 Å². The Bertz CT molecular complexity index is 855. The molecule has 0 bridgehead atoms. The lowest BCUT2D eigenvalue weighted by atomic mass is 10.1. The van der Waals surface area contributed by atoms with Crippen molar-refractivity contribution in [3.8, 4) is 0 Å². The molecule has 2 aromatic rings. The Morgan fingerprint density at radius 3 is 2.57 bits per heavy atom. The van der Waals surface area contributed by atoms with Crippen molar-refractivity contribution in [1.82, 2.24) is 0 Å². The smallest absolute Gasteiger partial charge is 0.416 e. The number of benzene rings is 2. The first kappa shape index (κ1) is 21.2. The number of ether oxygens (including phenoxy) is 2. The topological polar surface area (TPSA) is 90.7 Å². The first-order chi connectivity index (χ1) is 13.2. The van der Waals surface area contributed by atoms with Crippen LogP contribution in [0.5, 0.6) is 0 Å². The number of carbonyl (C=O) groups is 1. The summed E-state index contributed by atoms with van der Waals surface area (Å²) in [4.78, 5) is 22.7. The fourth-order valence-corrected chi connectivity index (χ4v) is 2.40. The molecular weight excluding hydrogens is 381 g/mol.